The highest BCUT2D eigenvalue weighted by atomic mass is 32.2. The average molecular weight is 770 g/mol. The number of nitrogens with one attached hydrogen (secondary N) is 1. The minimum absolute atomic E-state index is 0.0220. The van der Waals surface area contributed by atoms with Crippen molar-refractivity contribution < 1.29 is 28.3 Å². The van der Waals surface area contributed by atoms with Gasteiger partial charge in [0.25, 0.3) is 0 Å². The zero-order valence-corrected chi connectivity index (χ0v) is 32.6. The van der Waals surface area contributed by atoms with Crippen molar-refractivity contribution in [2.24, 2.45) is 17.0 Å². The van der Waals surface area contributed by atoms with Gasteiger partial charge in [-0.1, -0.05) is 99.9 Å². The van der Waals surface area contributed by atoms with Crippen molar-refractivity contribution in [1.82, 2.24) is 29.4 Å². The largest absolute Gasteiger partial charge is 0.411 e. The highest BCUT2D eigenvalue weighted by Gasteiger charge is 2.41. The summed E-state index contributed by atoms with van der Waals surface area (Å²) in [5.74, 6) is -0.690. The van der Waals surface area contributed by atoms with Crippen LogP contribution in [0, 0.1) is 11.8 Å². The lowest BCUT2D eigenvalue weighted by atomic mass is 9.95. The van der Waals surface area contributed by atoms with Crippen LogP contribution in [0.2, 0.25) is 0 Å². The number of hydrogen-bond acceptors (Lipinski definition) is 9. The number of aromatic nitrogens is 2. The Morgan fingerprint density at radius 3 is 2.36 bits per heavy atom. The van der Waals surface area contributed by atoms with Crippen molar-refractivity contribution in [2.45, 2.75) is 70.2 Å². The molecule has 3 amide bonds. The summed E-state index contributed by atoms with van der Waals surface area (Å²) in [6.07, 6.45) is 3.93. The molecular formula is C41H51N7O6S. The summed E-state index contributed by atoms with van der Waals surface area (Å²) in [6, 6.07) is 23.0. The molecule has 0 radical (unpaired) electrons. The highest BCUT2D eigenvalue weighted by Crippen LogP contribution is 2.25. The lowest BCUT2D eigenvalue weighted by Crippen LogP contribution is -2.57. The molecular weight excluding hydrogens is 719 g/mol. The number of carbonyl (C=O) groups excluding carboxylic acids is 2. The first-order valence-electron chi connectivity index (χ1n) is 18.6. The van der Waals surface area contributed by atoms with E-state index in [0.29, 0.717) is 31.6 Å². The number of oxime groups is 1. The second-order valence-corrected chi connectivity index (χ2v) is 16.4. The molecule has 0 spiro atoms. The van der Waals surface area contributed by atoms with E-state index in [4.69, 9.17) is 5.21 Å². The van der Waals surface area contributed by atoms with E-state index in [-0.39, 0.29) is 42.3 Å². The molecule has 1 saturated heterocycles. The molecule has 13 nitrogen and oxygen atoms in total. The molecule has 2 unspecified atom stereocenters. The van der Waals surface area contributed by atoms with E-state index in [1.54, 1.807) is 16.0 Å². The summed E-state index contributed by atoms with van der Waals surface area (Å²) < 4.78 is 29.2. The number of amides is 3. The number of rotatable bonds is 18. The summed E-state index contributed by atoms with van der Waals surface area (Å²) in [5, 5.41) is 26.8. The molecule has 4 aromatic rings. The molecule has 3 aromatic carbocycles. The molecule has 0 bridgehead atoms. The topological polar surface area (TPSA) is 169 Å². The third kappa shape index (κ3) is 10.5. The number of carbonyl (C=O) groups is 2. The molecule has 5 rings (SSSR count). The predicted octanol–water partition coefficient (Wildman–Crippen LogP) is 5.04. The monoisotopic (exact) mass is 769 g/mol. The van der Waals surface area contributed by atoms with Crippen LogP contribution in [0.4, 0.5) is 4.79 Å². The van der Waals surface area contributed by atoms with Crippen LogP contribution in [0.3, 0.4) is 0 Å². The Bertz CT molecular complexity index is 2000. The molecule has 14 heteroatoms. The fourth-order valence-electron chi connectivity index (χ4n) is 6.82. The molecule has 4 atom stereocenters. The number of aliphatic hydroxyl groups excluding tert-OH is 1. The normalized spacial score (nSPS) is 15.8. The van der Waals surface area contributed by atoms with E-state index < -0.39 is 34.1 Å². The van der Waals surface area contributed by atoms with Gasteiger partial charge in [-0.25, -0.2) is 23.2 Å². The van der Waals surface area contributed by atoms with Gasteiger partial charge in [-0.05, 0) is 59.2 Å². The molecule has 0 saturated carbocycles. The molecule has 3 N–H and O–H groups in total. The summed E-state index contributed by atoms with van der Waals surface area (Å²) in [6.45, 7) is 8.67. The van der Waals surface area contributed by atoms with Crippen LogP contribution in [0.25, 0.3) is 11.3 Å². The number of aliphatic hydroxyl groups is 1. The van der Waals surface area contributed by atoms with Crippen molar-refractivity contribution in [3.05, 3.63) is 114 Å². The second kappa shape index (κ2) is 18.9. The van der Waals surface area contributed by atoms with E-state index in [2.05, 4.69) is 20.4 Å². The first kappa shape index (κ1) is 41.0. The molecule has 1 fully saturated rings. The molecule has 1 aliphatic rings. The fraction of sp³-hybridized carbons (Fsp3) is 0.390. The Morgan fingerprint density at radius 2 is 1.71 bits per heavy atom. The van der Waals surface area contributed by atoms with Gasteiger partial charge in [0.1, 0.15) is 12.4 Å². The molecule has 1 aromatic heterocycles. The molecule has 292 valence electrons. The maximum absolute atomic E-state index is 14.4. The zero-order valence-electron chi connectivity index (χ0n) is 31.8. The van der Waals surface area contributed by atoms with Gasteiger partial charge >= 0.3 is 6.03 Å². The Morgan fingerprint density at radius 1 is 0.982 bits per heavy atom. The summed E-state index contributed by atoms with van der Waals surface area (Å²) >= 11 is 0. The van der Waals surface area contributed by atoms with Crippen molar-refractivity contribution >= 4 is 28.2 Å². The Kier molecular flexibility index (Phi) is 14.1. The summed E-state index contributed by atoms with van der Waals surface area (Å²) in [7, 11) is -4.07. The number of urea groups is 1. The number of nitrogens with zero attached hydrogens (tertiary/aromatic N) is 6. The number of benzene rings is 3. The maximum atomic E-state index is 14.4. The van der Waals surface area contributed by atoms with Gasteiger partial charge in [-0.2, -0.15) is 4.31 Å². The molecule has 2 heterocycles. The van der Waals surface area contributed by atoms with Gasteiger partial charge in [-0.3, -0.25) is 4.79 Å². The van der Waals surface area contributed by atoms with Crippen LogP contribution >= 0.6 is 0 Å². The Hall–Kier alpha value is -5.18. The summed E-state index contributed by atoms with van der Waals surface area (Å²) in [4.78, 5) is 40.1. The van der Waals surface area contributed by atoms with Crippen LogP contribution in [-0.4, -0.2) is 105 Å². The van der Waals surface area contributed by atoms with Crippen molar-refractivity contribution in [1.29, 1.82) is 0 Å². The van der Waals surface area contributed by atoms with Gasteiger partial charge in [0.2, 0.25) is 15.9 Å². The van der Waals surface area contributed by atoms with Gasteiger partial charge in [0, 0.05) is 44.5 Å². The van der Waals surface area contributed by atoms with E-state index in [0.717, 1.165) is 22.4 Å². The van der Waals surface area contributed by atoms with Crippen LogP contribution in [0.15, 0.2) is 108 Å². The first-order valence-corrected chi connectivity index (χ1v) is 20.1. The van der Waals surface area contributed by atoms with E-state index in [1.807, 2.05) is 88.4 Å². The number of hydrogen-bond donors (Lipinski definition) is 3. The highest BCUT2D eigenvalue weighted by molar-refractivity contribution is 7.89. The van der Waals surface area contributed by atoms with E-state index in [1.165, 1.54) is 41.1 Å². The maximum Gasteiger partial charge on any atom is 0.321 e. The predicted molar refractivity (Wildman–Crippen MR) is 211 cm³/mol. The van der Waals surface area contributed by atoms with Gasteiger partial charge in [0.05, 0.1) is 28.9 Å². The van der Waals surface area contributed by atoms with Gasteiger partial charge in [0.15, 0.2) is 0 Å². The van der Waals surface area contributed by atoms with Crippen LogP contribution < -0.4 is 5.32 Å². The zero-order chi connectivity index (χ0) is 39.5. The van der Waals surface area contributed by atoms with Crippen LogP contribution in [0.1, 0.15) is 50.8 Å². The summed E-state index contributed by atoms with van der Waals surface area (Å²) in [5.41, 5.74) is 3.98. The van der Waals surface area contributed by atoms with E-state index >= 15 is 0 Å². The lowest BCUT2D eigenvalue weighted by Gasteiger charge is -2.35. The molecule has 1 aliphatic heterocycles. The van der Waals surface area contributed by atoms with Gasteiger partial charge in [-0.15, -0.1) is 0 Å². The SMILES string of the molecule is CCC(C)C(C(=O)N[C@@H](Cc1ccccc1)[C@H](O)CN(CC(C)C)S(=O)(=O)c1ccc(/C=N/O)cc1)N1CCN(Cc2cccc(-c3ccncn3)c2)C1=O. The average Bonchev–Trinajstić information content (AvgIpc) is 3.53. The number of sulfonamides is 1. The Balaban J connectivity index is 1.36. The second-order valence-electron chi connectivity index (χ2n) is 14.4. The quantitative estimate of drug-likeness (QED) is 0.0719. The van der Waals surface area contributed by atoms with Gasteiger partial charge < -0.3 is 25.4 Å². The van der Waals surface area contributed by atoms with E-state index in [9.17, 15) is 23.1 Å². The van der Waals surface area contributed by atoms with Crippen LogP contribution in [0.5, 0.6) is 0 Å². The Labute approximate surface area is 323 Å². The third-order valence-corrected chi connectivity index (χ3v) is 11.7. The fourth-order valence-corrected chi connectivity index (χ4v) is 8.44. The molecule has 0 aliphatic carbocycles. The standard InChI is InChI=1S/C41H51N7O6S/c1-5-30(4)39(48-21-20-46(41(48)51)26-33-12-9-13-34(22-33)36-18-19-42-28-43-36)40(50)45-37(23-31-10-7-6-8-11-31)38(49)27-47(25-29(2)3)55(53,54)35-16-14-32(15-17-35)24-44-52/h6-19,22,24,28-30,37-39,49,52H,5,20-21,23,25-27H2,1-4H3,(H,45,50)/b44-24+/t30?,37-,38+,39?/m0/s1. The minimum Gasteiger partial charge on any atom is -0.411 e. The third-order valence-electron chi connectivity index (χ3n) is 9.87. The smallest absolute Gasteiger partial charge is 0.321 e. The van der Waals surface area contributed by atoms with Crippen molar-refractivity contribution in [3.8, 4) is 11.3 Å². The van der Waals surface area contributed by atoms with Crippen LogP contribution in [-0.2, 0) is 27.8 Å². The van der Waals surface area contributed by atoms with Crippen molar-refractivity contribution in [2.75, 3.05) is 26.2 Å². The minimum atomic E-state index is -4.07. The first-order chi connectivity index (χ1) is 26.4. The lowest BCUT2D eigenvalue weighted by molar-refractivity contribution is -0.128. The molecule has 55 heavy (non-hydrogen) atoms. The van der Waals surface area contributed by atoms with Crippen molar-refractivity contribution in [3.63, 3.8) is 0 Å².